The van der Waals surface area contributed by atoms with Crippen LogP contribution in [0.3, 0.4) is 0 Å². The fourth-order valence-corrected chi connectivity index (χ4v) is 2.01. The van der Waals surface area contributed by atoms with E-state index in [2.05, 4.69) is 4.98 Å². The first-order valence-corrected chi connectivity index (χ1v) is 6.65. The van der Waals surface area contributed by atoms with Gasteiger partial charge in [0.2, 0.25) is 0 Å². The predicted molar refractivity (Wildman–Crippen MR) is 80.8 cm³/mol. The van der Waals surface area contributed by atoms with E-state index in [0.717, 1.165) is 12.0 Å². The zero-order valence-corrected chi connectivity index (χ0v) is 12.0. The third kappa shape index (κ3) is 3.48. The van der Waals surface area contributed by atoms with E-state index in [1.165, 1.54) is 0 Å². The van der Waals surface area contributed by atoms with Crippen LogP contribution >= 0.6 is 11.6 Å². The second kappa shape index (κ2) is 6.39. The summed E-state index contributed by atoms with van der Waals surface area (Å²) < 4.78 is 0. The molecule has 0 saturated carbocycles. The number of carbonyl (C=O) groups excluding carboxylic acids is 1. The van der Waals surface area contributed by atoms with Gasteiger partial charge in [-0.1, -0.05) is 11.6 Å². The average Bonchev–Trinajstić information content (AvgIpc) is 2.48. The predicted octanol–water partition coefficient (Wildman–Crippen LogP) is 2.63. The van der Waals surface area contributed by atoms with Crippen LogP contribution < -0.4 is 5.73 Å². The van der Waals surface area contributed by atoms with E-state index in [1.54, 1.807) is 42.5 Å². The number of rotatable bonds is 4. The van der Waals surface area contributed by atoms with Crippen LogP contribution in [0.4, 0.5) is 5.69 Å². The molecule has 0 radical (unpaired) electrons. The SMILES string of the molecule is CN(CCc1ccncc1)C(=O)c1ccc(N)c(Cl)c1. The molecule has 0 bridgehead atoms. The molecule has 0 aliphatic rings. The quantitative estimate of drug-likeness (QED) is 0.880. The Balaban J connectivity index is 1.99. The Morgan fingerprint density at radius 2 is 2.00 bits per heavy atom. The Labute approximate surface area is 123 Å². The van der Waals surface area contributed by atoms with Crippen molar-refractivity contribution >= 4 is 23.2 Å². The van der Waals surface area contributed by atoms with Gasteiger partial charge in [0.1, 0.15) is 0 Å². The molecule has 4 nitrogen and oxygen atoms in total. The summed E-state index contributed by atoms with van der Waals surface area (Å²) in [5, 5.41) is 0.401. The third-order valence-electron chi connectivity index (χ3n) is 3.08. The highest BCUT2D eigenvalue weighted by Gasteiger charge is 2.12. The number of aromatic nitrogens is 1. The van der Waals surface area contributed by atoms with Gasteiger partial charge >= 0.3 is 0 Å². The first-order valence-electron chi connectivity index (χ1n) is 6.27. The number of halogens is 1. The molecule has 1 aromatic heterocycles. The lowest BCUT2D eigenvalue weighted by molar-refractivity contribution is 0.0796. The largest absolute Gasteiger partial charge is 0.398 e. The number of pyridine rings is 1. The lowest BCUT2D eigenvalue weighted by atomic mass is 10.1. The number of hydrogen-bond acceptors (Lipinski definition) is 3. The first kappa shape index (κ1) is 14.3. The molecule has 1 aromatic carbocycles. The normalized spacial score (nSPS) is 10.3. The van der Waals surface area contributed by atoms with E-state index in [4.69, 9.17) is 17.3 Å². The zero-order valence-electron chi connectivity index (χ0n) is 11.2. The highest BCUT2D eigenvalue weighted by Crippen LogP contribution is 2.20. The van der Waals surface area contributed by atoms with Crippen molar-refractivity contribution in [2.45, 2.75) is 6.42 Å². The molecule has 0 fully saturated rings. The van der Waals surface area contributed by atoms with E-state index < -0.39 is 0 Å². The summed E-state index contributed by atoms with van der Waals surface area (Å²) in [6.45, 7) is 0.630. The van der Waals surface area contributed by atoms with Crippen molar-refractivity contribution in [3.63, 3.8) is 0 Å². The molecule has 20 heavy (non-hydrogen) atoms. The van der Waals surface area contributed by atoms with Crippen molar-refractivity contribution in [1.82, 2.24) is 9.88 Å². The number of likely N-dealkylation sites (N-methyl/N-ethyl adjacent to an activating group) is 1. The third-order valence-corrected chi connectivity index (χ3v) is 3.41. The molecule has 0 aliphatic heterocycles. The second-order valence-corrected chi connectivity index (χ2v) is 4.98. The van der Waals surface area contributed by atoms with Gasteiger partial charge < -0.3 is 10.6 Å². The first-order chi connectivity index (χ1) is 9.58. The van der Waals surface area contributed by atoms with E-state index in [0.29, 0.717) is 22.8 Å². The molecule has 1 heterocycles. The summed E-state index contributed by atoms with van der Waals surface area (Å²) >= 11 is 5.93. The van der Waals surface area contributed by atoms with Gasteiger partial charge in [0, 0.05) is 31.5 Å². The fraction of sp³-hybridized carbons (Fsp3) is 0.200. The van der Waals surface area contributed by atoms with Gasteiger partial charge in [-0.15, -0.1) is 0 Å². The number of carbonyl (C=O) groups is 1. The summed E-state index contributed by atoms with van der Waals surface area (Å²) in [4.78, 5) is 17.9. The van der Waals surface area contributed by atoms with Gasteiger partial charge in [0.15, 0.2) is 0 Å². The lowest BCUT2D eigenvalue weighted by Crippen LogP contribution is -2.28. The Bertz CT molecular complexity index is 601. The minimum Gasteiger partial charge on any atom is -0.398 e. The zero-order chi connectivity index (χ0) is 14.5. The summed E-state index contributed by atoms with van der Waals surface area (Å²) in [5.41, 5.74) is 7.80. The molecule has 0 spiro atoms. The van der Waals surface area contributed by atoms with Crippen molar-refractivity contribution in [2.24, 2.45) is 0 Å². The van der Waals surface area contributed by atoms with E-state index in [1.807, 2.05) is 12.1 Å². The summed E-state index contributed by atoms with van der Waals surface area (Å²) in [7, 11) is 1.77. The minimum atomic E-state index is -0.0686. The minimum absolute atomic E-state index is 0.0686. The molecule has 0 saturated heterocycles. The molecule has 2 aromatic rings. The van der Waals surface area contributed by atoms with E-state index in [9.17, 15) is 4.79 Å². The van der Waals surface area contributed by atoms with Gasteiger partial charge in [-0.2, -0.15) is 0 Å². The number of hydrogen-bond donors (Lipinski definition) is 1. The second-order valence-electron chi connectivity index (χ2n) is 4.57. The topological polar surface area (TPSA) is 59.2 Å². The molecular weight excluding hydrogens is 274 g/mol. The standard InChI is InChI=1S/C15H16ClN3O/c1-19(9-6-11-4-7-18-8-5-11)15(20)12-2-3-14(17)13(16)10-12/h2-5,7-8,10H,6,9,17H2,1H3. The molecule has 0 atom stereocenters. The Morgan fingerprint density at radius 3 is 2.65 bits per heavy atom. The van der Waals surface area contributed by atoms with Crippen LogP contribution in [0.1, 0.15) is 15.9 Å². The molecule has 1 amide bonds. The van der Waals surface area contributed by atoms with Gasteiger partial charge in [-0.3, -0.25) is 9.78 Å². The Morgan fingerprint density at radius 1 is 1.30 bits per heavy atom. The van der Waals surface area contributed by atoms with Crippen molar-refractivity contribution in [3.05, 3.63) is 58.9 Å². The van der Waals surface area contributed by atoms with Crippen molar-refractivity contribution in [1.29, 1.82) is 0 Å². The van der Waals surface area contributed by atoms with Crippen LogP contribution in [0.25, 0.3) is 0 Å². The Kier molecular flexibility index (Phi) is 4.58. The molecule has 5 heteroatoms. The molecule has 104 valence electrons. The van der Waals surface area contributed by atoms with Crippen LogP contribution in [-0.2, 0) is 6.42 Å². The number of benzene rings is 1. The highest BCUT2D eigenvalue weighted by molar-refractivity contribution is 6.33. The van der Waals surface area contributed by atoms with Crippen molar-refractivity contribution in [2.75, 3.05) is 19.3 Å². The van der Waals surface area contributed by atoms with Crippen LogP contribution in [0.2, 0.25) is 5.02 Å². The summed E-state index contributed by atoms with van der Waals surface area (Å²) in [6.07, 6.45) is 4.28. The maximum absolute atomic E-state index is 12.2. The number of nitrogens with two attached hydrogens (primary N) is 1. The van der Waals surface area contributed by atoms with Crippen LogP contribution in [-0.4, -0.2) is 29.4 Å². The molecule has 0 aliphatic carbocycles. The average molecular weight is 290 g/mol. The smallest absolute Gasteiger partial charge is 0.253 e. The molecule has 0 unspecified atom stereocenters. The fourth-order valence-electron chi connectivity index (χ4n) is 1.83. The van der Waals surface area contributed by atoms with Gasteiger partial charge in [0.25, 0.3) is 5.91 Å². The molecule has 2 N–H and O–H groups in total. The number of nitrogens with zero attached hydrogens (tertiary/aromatic N) is 2. The Hall–Kier alpha value is -2.07. The number of anilines is 1. The maximum atomic E-state index is 12.2. The monoisotopic (exact) mass is 289 g/mol. The lowest BCUT2D eigenvalue weighted by Gasteiger charge is -2.17. The van der Waals surface area contributed by atoms with Gasteiger partial charge in [-0.05, 0) is 42.3 Å². The van der Waals surface area contributed by atoms with Crippen LogP contribution in [0.15, 0.2) is 42.7 Å². The molecular formula is C15H16ClN3O. The summed E-state index contributed by atoms with van der Waals surface area (Å²) in [6, 6.07) is 8.82. The van der Waals surface area contributed by atoms with E-state index in [-0.39, 0.29) is 5.91 Å². The van der Waals surface area contributed by atoms with Gasteiger partial charge in [-0.25, -0.2) is 0 Å². The van der Waals surface area contributed by atoms with E-state index >= 15 is 0 Å². The summed E-state index contributed by atoms with van der Waals surface area (Å²) in [5.74, 6) is -0.0686. The van der Waals surface area contributed by atoms with Crippen LogP contribution in [0, 0.1) is 0 Å². The van der Waals surface area contributed by atoms with Gasteiger partial charge in [0.05, 0.1) is 10.7 Å². The number of amides is 1. The van der Waals surface area contributed by atoms with Crippen LogP contribution in [0.5, 0.6) is 0 Å². The maximum Gasteiger partial charge on any atom is 0.253 e. The number of nitrogen functional groups attached to an aromatic ring is 1. The van der Waals surface area contributed by atoms with Crippen molar-refractivity contribution < 1.29 is 4.79 Å². The van der Waals surface area contributed by atoms with Crippen molar-refractivity contribution in [3.8, 4) is 0 Å². The highest BCUT2D eigenvalue weighted by atomic mass is 35.5. The molecule has 2 rings (SSSR count).